The normalized spacial score (nSPS) is 12.0. The lowest BCUT2D eigenvalue weighted by molar-refractivity contribution is -0.120. The topological polar surface area (TPSA) is 72.9 Å². The Hall–Kier alpha value is -2.92. The fourth-order valence-corrected chi connectivity index (χ4v) is 2.59. The van der Waals surface area contributed by atoms with Gasteiger partial charge in [-0.05, 0) is 23.8 Å². The summed E-state index contributed by atoms with van der Waals surface area (Å²) in [6.45, 7) is 0.619. The highest BCUT2D eigenvalue weighted by atomic mass is 16.1. The zero-order valence-corrected chi connectivity index (χ0v) is 13.3. The standard InChI is InChI=1S/C19H20N4O/c20-19(24)18(15-7-3-1-4-8-15)21-13-11-16-12-14-23(22-16)17-9-5-2-6-10-17/h1-10,12,14,18,21H,11,13H2,(H2,20,24). The van der Waals surface area contributed by atoms with Gasteiger partial charge >= 0.3 is 0 Å². The Kier molecular flexibility index (Phi) is 5.03. The molecular weight excluding hydrogens is 300 g/mol. The maximum atomic E-state index is 11.7. The van der Waals surface area contributed by atoms with Gasteiger partial charge in [0.1, 0.15) is 6.04 Å². The molecule has 1 atom stereocenters. The number of nitrogens with one attached hydrogen (secondary N) is 1. The Balaban J connectivity index is 1.60. The smallest absolute Gasteiger partial charge is 0.239 e. The fourth-order valence-electron chi connectivity index (χ4n) is 2.59. The number of para-hydroxylation sites is 1. The lowest BCUT2D eigenvalue weighted by Gasteiger charge is -2.15. The van der Waals surface area contributed by atoms with Crippen molar-refractivity contribution in [1.82, 2.24) is 15.1 Å². The summed E-state index contributed by atoms with van der Waals surface area (Å²) in [7, 11) is 0. The molecule has 0 saturated carbocycles. The zero-order chi connectivity index (χ0) is 16.8. The molecule has 5 nitrogen and oxygen atoms in total. The first-order valence-electron chi connectivity index (χ1n) is 7.91. The molecule has 1 unspecified atom stereocenters. The Labute approximate surface area is 141 Å². The van der Waals surface area contributed by atoms with E-state index < -0.39 is 6.04 Å². The van der Waals surface area contributed by atoms with Gasteiger partial charge in [-0.3, -0.25) is 4.79 Å². The summed E-state index contributed by atoms with van der Waals surface area (Å²) in [6.07, 6.45) is 2.66. The summed E-state index contributed by atoms with van der Waals surface area (Å²) in [5.74, 6) is -0.379. The molecule has 0 aliphatic carbocycles. The molecule has 3 N–H and O–H groups in total. The van der Waals surface area contributed by atoms with Crippen LogP contribution in [0.3, 0.4) is 0 Å². The van der Waals surface area contributed by atoms with E-state index in [1.807, 2.05) is 77.6 Å². The van der Waals surface area contributed by atoms with Crippen LogP contribution in [-0.2, 0) is 11.2 Å². The SMILES string of the molecule is NC(=O)C(NCCc1ccn(-c2ccccc2)n1)c1ccccc1. The van der Waals surface area contributed by atoms with Crippen LogP contribution in [0.2, 0.25) is 0 Å². The van der Waals surface area contributed by atoms with Gasteiger partial charge in [0.05, 0.1) is 11.4 Å². The Bertz CT molecular complexity index is 783. The highest BCUT2D eigenvalue weighted by Gasteiger charge is 2.16. The molecule has 5 heteroatoms. The molecule has 1 heterocycles. The van der Waals surface area contributed by atoms with Crippen LogP contribution >= 0.6 is 0 Å². The van der Waals surface area contributed by atoms with Crippen LogP contribution in [0.15, 0.2) is 72.9 Å². The van der Waals surface area contributed by atoms with Gasteiger partial charge in [0.2, 0.25) is 5.91 Å². The minimum atomic E-state index is -0.484. The molecule has 0 spiro atoms. The minimum Gasteiger partial charge on any atom is -0.368 e. The number of nitrogens with two attached hydrogens (primary N) is 1. The van der Waals surface area contributed by atoms with Crippen LogP contribution < -0.4 is 11.1 Å². The number of aromatic nitrogens is 2. The third-order valence-electron chi connectivity index (χ3n) is 3.81. The van der Waals surface area contributed by atoms with Gasteiger partial charge in [-0.25, -0.2) is 4.68 Å². The Morgan fingerprint density at radius 1 is 1.04 bits per heavy atom. The summed E-state index contributed by atoms with van der Waals surface area (Å²) in [5, 5.41) is 7.76. The van der Waals surface area contributed by atoms with Crippen LogP contribution in [0.4, 0.5) is 0 Å². The van der Waals surface area contributed by atoms with Gasteiger partial charge in [0, 0.05) is 19.2 Å². The lowest BCUT2D eigenvalue weighted by Crippen LogP contribution is -2.34. The van der Waals surface area contributed by atoms with Gasteiger partial charge in [-0.1, -0.05) is 48.5 Å². The van der Waals surface area contributed by atoms with Gasteiger partial charge < -0.3 is 11.1 Å². The van der Waals surface area contributed by atoms with E-state index in [2.05, 4.69) is 10.4 Å². The van der Waals surface area contributed by atoms with Crippen molar-refractivity contribution in [3.05, 3.63) is 84.2 Å². The number of primary amides is 1. The number of benzene rings is 2. The first-order valence-corrected chi connectivity index (χ1v) is 7.91. The Morgan fingerprint density at radius 3 is 2.38 bits per heavy atom. The quantitative estimate of drug-likeness (QED) is 0.701. The van der Waals surface area contributed by atoms with E-state index in [-0.39, 0.29) is 5.91 Å². The van der Waals surface area contributed by atoms with Crippen LogP contribution in [0, 0.1) is 0 Å². The average molecular weight is 320 g/mol. The third kappa shape index (κ3) is 3.88. The molecule has 122 valence electrons. The van der Waals surface area contributed by atoms with Crippen LogP contribution in [0.1, 0.15) is 17.3 Å². The zero-order valence-electron chi connectivity index (χ0n) is 13.3. The van der Waals surface area contributed by atoms with Gasteiger partial charge in [0.15, 0.2) is 0 Å². The van der Waals surface area contributed by atoms with Crippen molar-refractivity contribution in [2.45, 2.75) is 12.5 Å². The van der Waals surface area contributed by atoms with Crippen molar-refractivity contribution in [2.75, 3.05) is 6.54 Å². The second kappa shape index (κ2) is 7.57. The number of carbonyl (C=O) groups is 1. The molecule has 0 saturated heterocycles. The molecule has 0 aliphatic rings. The third-order valence-corrected chi connectivity index (χ3v) is 3.81. The second-order valence-electron chi connectivity index (χ2n) is 5.54. The van der Waals surface area contributed by atoms with E-state index in [4.69, 9.17) is 5.73 Å². The van der Waals surface area contributed by atoms with E-state index >= 15 is 0 Å². The monoisotopic (exact) mass is 320 g/mol. The van der Waals surface area contributed by atoms with E-state index in [0.717, 1.165) is 23.4 Å². The number of rotatable bonds is 7. The molecule has 1 aromatic heterocycles. The maximum Gasteiger partial charge on any atom is 0.239 e. The highest BCUT2D eigenvalue weighted by Crippen LogP contribution is 2.12. The van der Waals surface area contributed by atoms with Crippen molar-refractivity contribution in [3.63, 3.8) is 0 Å². The highest BCUT2D eigenvalue weighted by molar-refractivity contribution is 5.81. The molecule has 3 rings (SSSR count). The molecule has 0 bridgehead atoms. The molecule has 0 fully saturated rings. The van der Waals surface area contributed by atoms with Crippen LogP contribution in [0.5, 0.6) is 0 Å². The molecular formula is C19H20N4O. The van der Waals surface area contributed by atoms with Gasteiger partial charge in [0.25, 0.3) is 0 Å². The van der Waals surface area contributed by atoms with E-state index in [1.54, 1.807) is 0 Å². The summed E-state index contributed by atoms with van der Waals surface area (Å²) in [5.41, 5.74) is 8.37. The fraction of sp³-hybridized carbons (Fsp3) is 0.158. The predicted octanol–water partition coefficient (Wildman–Crippen LogP) is 2.23. The van der Waals surface area contributed by atoms with Crippen LogP contribution in [0.25, 0.3) is 5.69 Å². The number of carbonyl (C=O) groups excluding carboxylic acids is 1. The van der Waals surface area contributed by atoms with E-state index in [0.29, 0.717) is 6.54 Å². The second-order valence-corrected chi connectivity index (χ2v) is 5.54. The summed E-state index contributed by atoms with van der Waals surface area (Å²) in [4.78, 5) is 11.7. The number of hydrogen-bond donors (Lipinski definition) is 2. The summed E-state index contributed by atoms with van der Waals surface area (Å²) >= 11 is 0. The molecule has 0 aliphatic heterocycles. The molecule has 3 aromatic rings. The Morgan fingerprint density at radius 2 is 1.71 bits per heavy atom. The van der Waals surface area contributed by atoms with Crippen molar-refractivity contribution in [3.8, 4) is 5.69 Å². The average Bonchev–Trinajstić information content (AvgIpc) is 3.09. The van der Waals surface area contributed by atoms with Gasteiger partial charge in [-0.15, -0.1) is 0 Å². The molecule has 2 aromatic carbocycles. The maximum absolute atomic E-state index is 11.7. The van der Waals surface area contributed by atoms with Gasteiger partial charge in [-0.2, -0.15) is 5.10 Å². The lowest BCUT2D eigenvalue weighted by atomic mass is 10.1. The summed E-state index contributed by atoms with van der Waals surface area (Å²) in [6, 6.07) is 21.0. The van der Waals surface area contributed by atoms with Crippen molar-refractivity contribution in [1.29, 1.82) is 0 Å². The van der Waals surface area contributed by atoms with Crippen molar-refractivity contribution < 1.29 is 4.79 Å². The minimum absolute atomic E-state index is 0.379. The first-order chi connectivity index (χ1) is 11.7. The number of hydrogen-bond acceptors (Lipinski definition) is 3. The molecule has 0 radical (unpaired) electrons. The number of nitrogens with zero attached hydrogens (tertiary/aromatic N) is 2. The first kappa shape index (κ1) is 16.0. The molecule has 1 amide bonds. The van der Waals surface area contributed by atoms with E-state index in [9.17, 15) is 4.79 Å². The predicted molar refractivity (Wildman–Crippen MR) is 93.6 cm³/mol. The molecule has 24 heavy (non-hydrogen) atoms. The summed E-state index contributed by atoms with van der Waals surface area (Å²) < 4.78 is 1.85. The van der Waals surface area contributed by atoms with Crippen molar-refractivity contribution in [2.24, 2.45) is 5.73 Å². The largest absolute Gasteiger partial charge is 0.368 e. The van der Waals surface area contributed by atoms with E-state index in [1.165, 1.54) is 0 Å². The number of amides is 1. The van der Waals surface area contributed by atoms with Crippen LogP contribution in [-0.4, -0.2) is 22.2 Å². The van der Waals surface area contributed by atoms with Crippen molar-refractivity contribution >= 4 is 5.91 Å².